The molecule has 116 valence electrons. The molecule has 21 heavy (non-hydrogen) atoms. The van der Waals surface area contributed by atoms with Gasteiger partial charge in [0.05, 0.1) is 0 Å². The van der Waals surface area contributed by atoms with Gasteiger partial charge in [0.1, 0.15) is 0 Å². The van der Waals surface area contributed by atoms with Crippen LogP contribution in [0, 0.1) is 19.8 Å². The molecule has 0 amide bonds. The lowest BCUT2D eigenvalue weighted by molar-refractivity contribution is 0.176. The molecule has 2 atom stereocenters. The zero-order chi connectivity index (χ0) is 15.1. The highest BCUT2D eigenvalue weighted by atomic mass is 79.9. The third-order valence-electron chi connectivity index (χ3n) is 5.25. The first-order valence-electron chi connectivity index (χ1n) is 8.25. The van der Waals surface area contributed by atoms with Crippen LogP contribution in [0.4, 0.5) is 5.69 Å². The molecule has 1 aromatic rings. The van der Waals surface area contributed by atoms with Gasteiger partial charge < -0.3 is 4.90 Å². The number of benzene rings is 1. The van der Waals surface area contributed by atoms with Crippen molar-refractivity contribution in [1.82, 2.24) is 4.90 Å². The van der Waals surface area contributed by atoms with E-state index in [1.165, 1.54) is 53.8 Å². The predicted octanol–water partition coefficient (Wildman–Crippen LogP) is 4.37. The molecule has 0 saturated carbocycles. The summed E-state index contributed by atoms with van der Waals surface area (Å²) in [5, 5.41) is 0. The summed E-state index contributed by atoms with van der Waals surface area (Å²) < 4.78 is 1.26. The van der Waals surface area contributed by atoms with Gasteiger partial charge in [0.2, 0.25) is 0 Å². The summed E-state index contributed by atoms with van der Waals surface area (Å²) in [4.78, 5) is 5.41. The van der Waals surface area contributed by atoms with Gasteiger partial charge in [-0.25, -0.2) is 0 Å². The second kappa shape index (κ2) is 5.92. The number of halogens is 1. The van der Waals surface area contributed by atoms with Gasteiger partial charge >= 0.3 is 0 Å². The molecule has 2 saturated heterocycles. The van der Waals surface area contributed by atoms with Crippen molar-refractivity contribution in [3.05, 3.63) is 27.7 Å². The van der Waals surface area contributed by atoms with Crippen molar-refractivity contribution in [1.29, 1.82) is 0 Å². The maximum atomic E-state index is 3.70. The Hall–Kier alpha value is -0.540. The Labute approximate surface area is 137 Å². The van der Waals surface area contributed by atoms with Crippen LogP contribution in [-0.4, -0.2) is 36.6 Å². The Balaban J connectivity index is 1.94. The Morgan fingerprint density at radius 3 is 2.43 bits per heavy atom. The third-order valence-corrected chi connectivity index (χ3v) is 6.50. The summed E-state index contributed by atoms with van der Waals surface area (Å²) >= 11 is 3.70. The van der Waals surface area contributed by atoms with Crippen LogP contribution in [0.25, 0.3) is 0 Å². The number of fused-ring (bicyclic) bond motifs is 1. The first kappa shape index (κ1) is 15.4. The summed E-state index contributed by atoms with van der Waals surface area (Å²) in [6.07, 6.45) is 2.75. The Morgan fingerprint density at radius 1 is 1.14 bits per heavy atom. The number of rotatable bonds is 2. The predicted molar refractivity (Wildman–Crippen MR) is 94.2 cm³/mol. The van der Waals surface area contributed by atoms with Crippen LogP contribution < -0.4 is 4.90 Å². The van der Waals surface area contributed by atoms with Gasteiger partial charge in [-0.2, -0.15) is 0 Å². The minimum absolute atomic E-state index is 0.638. The van der Waals surface area contributed by atoms with Crippen molar-refractivity contribution in [3.8, 4) is 0 Å². The van der Waals surface area contributed by atoms with Gasteiger partial charge in [-0.15, -0.1) is 0 Å². The summed E-state index contributed by atoms with van der Waals surface area (Å²) in [7, 11) is 0. The van der Waals surface area contributed by atoms with Crippen molar-refractivity contribution in [2.75, 3.05) is 24.5 Å². The topological polar surface area (TPSA) is 6.48 Å². The standard InChI is InChI=1S/C18H27BrN2/c1-12(2)17-11-20-7-5-6-15(20)10-21(17)16-8-13(3)18(19)14(4)9-16/h8-9,12,15,17H,5-7,10-11H2,1-4H3. The Bertz CT molecular complexity index is 503. The molecule has 2 nitrogen and oxygen atoms in total. The van der Waals surface area contributed by atoms with E-state index in [0.717, 1.165) is 6.04 Å². The SMILES string of the molecule is Cc1cc(N2CC3CCCN3CC2C(C)C)cc(C)c1Br. The van der Waals surface area contributed by atoms with E-state index < -0.39 is 0 Å². The first-order valence-corrected chi connectivity index (χ1v) is 9.04. The average molecular weight is 351 g/mol. The number of aryl methyl sites for hydroxylation is 2. The molecule has 0 spiro atoms. The van der Waals surface area contributed by atoms with Crippen molar-refractivity contribution < 1.29 is 0 Å². The van der Waals surface area contributed by atoms with Gasteiger partial charge in [0, 0.05) is 35.3 Å². The number of nitrogens with zero attached hydrogens (tertiary/aromatic N) is 2. The highest BCUT2D eigenvalue weighted by Gasteiger charge is 2.37. The molecule has 2 heterocycles. The van der Waals surface area contributed by atoms with Crippen LogP contribution in [-0.2, 0) is 0 Å². The molecule has 2 unspecified atom stereocenters. The molecule has 3 rings (SSSR count). The molecule has 2 aliphatic rings. The van der Waals surface area contributed by atoms with Crippen molar-refractivity contribution in [3.63, 3.8) is 0 Å². The van der Waals surface area contributed by atoms with E-state index >= 15 is 0 Å². The van der Waals surface area contributed by atoms with Crippen LogP contribution in [0.1, 0.15) is 37.8 Å². The van der Waals surface area contributed by atoms with Crippen molar-refractivity contribution >= 4 is 21.6 Å². The molecular formula is C18H27BrN2. The summed E-state index contributed by atoms with van der Waals surface area (Å²) in [5.41, 5.74) is 4.11. The number of hydrogen-bond donors (Lipinski definition) is 0. The van der Waals surface area contributed by atoms with E-state index in [2.05, 4.69) is 65.6 Å². The highest BCUT2D eigenvalue weighted by Crippen LogP contribution is 2.34. The lowest BCUT2D eigenvalue weighted by Gasteiger charge is -2.47. The second-order valence-electron chi connectivity index (χ2n) is 7.15. The van der Waals surface area contributed by atoms with Crippen LogP contribution in [0.3, 0.4) is 0 Å². The Morgan fingerprint density at radius 2 is 1.81 bits per heavy atom. The van der Waals surface area contributed by atoms with Crippen molar-refractivity contribution in [2.24, 2.45) is 5.92 Å². The molecule has 0 bridgehead atoms. The van der Waals surface area contributed by atoms with E-state index in [1.807, 2.05) is 0 Å². The van der Waals surface area contributed by atoms with Gasteiger partial charge in [0.15, 0.2) is 0 Å². The van der Waals surface area contributed by atoms with E-state index in [4.69, 9.17) is 0 Å². The molecule has 3 heteroatoms. The molecule has 0 aliphatic carbocycles. The molecule has 0 radical (unpaired) electrons. The fourth-order valence-electron chi connectivity index (χ4n) is 4.00. The average Bonchev–Trinajstić information content (AvgIpc) is 2.90. The van der Waals surface area contributed by atoms with E-state index in [-0.39, 0.29) is 0 Å². The van der Waals surface area contributed by atoms with Crippen molar-refractivity contribution in [2.45, 2.75) is 52.6 Å². The van der Waals surface area contributed by atoms with E-state index in [0.29, 0.717) is 12.0 Å². The first-order chi connectivity index (χ1) is 9.97. The second-order valence-corrected chi connectivity index (χ2v) is 7.94. The minimum Gasteiger partial charge on any atom is -0.365 e. The lowest BCUT2D eigenvalue weighted by atomic mass is 9.96. The lowest BCUT2D eigenvalue weighted by Crippen LogP contribution is -2.58. The monoisotopic (exact) mass is 350 g/mol. The molecule has 2 fully saturated rings. The largest absolute Gasteiger partial charge is 0.365 e. The normalized spacial score (nSPS) is 26.5. The van der Waals surface area contributed by atoms with Gasteiger partial charge in [-0.05, 0) is 62.4 Å². The van der Waals surface area contributed by atoms with E-state index in [1.54, 1.807) is 0 Å². The molecular weight excluding hydrogens is 324 g/mol. The van der Waals surface area contributed by atoms with E-state index in [9.17, 15) is 0 Å². The molecule has 2 aliphatic heterocycles. The highest BCUT2D eigenvalue weighted by molar-refractivity contribution is 9.10. The number of piperazine rings is 1. The number of anilines is 1. The number of hydrogen-bond acceptors (Lipinski definition) is 2. The fraction of sp³-hybridized carbons (Fsp3) is 0.667. The molecule has 1 aromatic carbocycles. The molecule has 0 N–H and O–H groups in total. The summed E-state index contributed by atoms with van der Waals surface area (Å²) in [6, 6.07) is 6.12. The zero-order valence-electron chi connectivity index (χ0n) is 13.7. The minimum atomic E-state index is 0.638. The van der Waals surface area contributed by atoms with Gasteiger partial charge in [-0.3, -0.25) is 4.90 Å². The quantitative estimate of drug-likeness (QED) is 0.780. The maximum Gasteiger partial charge on any atom is 0.0440 e. The zero-order valence-corrected chi connectivity index (χ0v) is 15.3. The van der Waals surface area contributed by atoms with Gasteiger partial charge in [-0.1, -0.05) is 29.8 Å². The smallest absolute Gasteiger partial charge is 0.0440 e. The van der Waals surface area contributed by atoms with Crippen LogP contribution in [0.5, 0.6) is 0 Å². The summed E-state index contributed by atoms with van der Waals surface area (Å²) in [5.74, 6) is 0.691. The fourth-order valence-corrected chi connectivity index (χ4v) is 4.23. The van der Waals surface area contributed by atoms with Crippen LogP contribution in [0.15, 0.2) is 16.6 Å². The molecule has 0 aromatic heterocycles. The van der Waals surface area contributed by atoms with Gasteiger partial charge in [0.25, 0.3) is 0 Å². The van der Waals surface area contributed by atoms with Crippen LogP contribution in [0.2, 0.25) is 0 Å². The third kappa shape index (κ3) is 2.87. The summed E-state index contributed by atoms with van der Waals surface area (Å²) in [6.45, 7) is 12.9. The Kier molecular flexibility index (Phi) is 4.33. The maximum absolute atomic E-state index is 3.70. The van der Waals surface area contributed by atoms with Crippen LogP contribution >= 0.6 is 15.9 Å².